The lowest BCUT2D eigenvalue weighted by Crippen LogP contribution is -2.30. The number of phosphoric acid groups is 2. The van der Waals surface area contributed by atoms with Crippen molar-refractivity contribution in [2.45, 2.75) is 400 Å². The predicted molar refractivity (Wildman–Crippen MR) is 372 cm³/mol. The summed E-state index contributed by atoms with van der Waals surface area (Å²) in [5.74, 6) is -1.40. The molecule has 0 amide bonds. The van der Waals surface area contributed by atoms with Crippen LogP contribution in [0.25, 0.3) is 0 Å². The van der Waals surface area contributed by atoms with Gasteiger partial charge in [0.25, 0.3) is 0 Å². The summed E-state index contributed by atoms with van der Waals surface area (Å²) in [6.45, 7) is 7.19. The predicted octanol–water partition coefficient (Wildman–Crippen LogP) is 21.3. The fraction of sp³-hybridized carbons (Fsp3) is 0.945. The molecule has 0 saturated carbocycles. The summed E-state index contributed by atoms with van der Waals surface area (Å²) in [5.41, 5.74) is 0. The number of phosphoric ester groups is 2. The Morgan fingerprint density at radius 1 is 0.304 bits per heavy atom. The lowest BCUT2D eigenvalue weighted by molar-refractivity contribution is -0.161. The lowest BCUT2D eigenvalue weighted by Gasteiger charge is -2.21. The number of ether oxygens (including phenoxy) is 4. The molecule has 17 nitrogen and oxygen atoms in total. The van der Waals surface area contributed by atoms with E-state index in [4.69, 9.17) is 37.0 Å². The van der Waals surface area contributed by atoms with Crippen molar-refractivity contribution in [2.75, 3.05) is 39.6 Å². The lowest BCUT2D eigenvalue weighted by atomic mass is 10.00. The van der Waals surface area contributed by atoms with E-state index in [9.17, 15) is 43.2 Å². The molecule has 6 atom stereocenters. The second kappa shape index (κ2) is 66.3. The van der Waals surface area contributed by atoms with Gasteiger partial charge in [-0.2, -0.15) is 0 Å². The Kier molecular flexibility index (Phi) is 64.9. The first-order chi connectivity index (χ1) is 44.6. The minimum atomic E-state index is -4.95. The Hall–Kier alpha value is -1.94. The minimum Gasteiger partial charge on any atom is -0.462 e. The van der Waals surface area contributed by atoms with E-state index >= 15 is 0 Å². The highest BCUT2D eigenvalue weighted by atomic mass is 31.2. The average Bonchev–Trinajstić information content (AvgIpc) is 1.99. The van der Waals surface area contributed by atoms with Crippen LogP contribution in [0.3, 0.4) is 0 Å². The van der Waals surface area contributed by atoms with Gasteiger partial charge in [-0.25, -0.2) is 9.13 Å². The first-order valence-corrected chi connectivity index (χ1v) is 41.2. The van der Waals surface area contributed by atoms with Crippen molar-refractivity contribution in [3.8, 4) is 0 Å². The Bertz CT molecular complexity index is 1770. The van der Waals surface area contributed by atoms with Crippen molar-refractivity contribution in [1.29, 1.82) is 0 Å². The number of esters is 4. The van der Waals surface area contributed by atoms with Gasteiger partial charge in [-0.3, -0.25) is 37.3 Å². The van der Waals surface area contributed by atoms with E-state index in [0.29, 0.717) is 25.7 Å². The van der Waals surface area contributed by atoms with E-state index in [1.807, 2.05) is 0 Å². The van der Waals surface area contributed by atoms with E-state index in [0.717, 1.165) is 102 Å². The molecule has 3 unspecified atom stereocenters. The van der Waals surface area contributed by atoms with Gasteiger partial charge in [-0.15, -0.1) is 0 Å². The van der Waals surface area contributed by atoms with Gasteiger partial charge in [0.05, 0.1) is 26.4 Å². The number of aliphatic hydroxyl groups excluding tert-OH is 1. The van der Waals surface area contributed by atoms with E-state index < -0.39 is 97.5 Å². The number of hydrogen-bond donors (Lipinski definition) is 3. The van der Waals surface area contributed by atoms with E-state index in [1.54, 1.807) is 0 Å². The van der Waals surface area contributed by atoms with Crippen LogP contribution in [0.5, 0.6) is 0 Å². The number of unbranched alkanes of at least 4 members (excludes halogenated alkanes) is 44. The third-order valence-corrected chi connectivity index (χ3v) is 19.3. The molecule has 0 radical (unpaired) electrons. The summed E-state index contributed by atoms with van der Waals surface area (Å²) in [4.78, 5) is 72.5. The standard InChI is InChI=1S/C73H142O17P2/c1-6-10-13-16-19-22-24-26-28-29-30-31-32-33-35-37-39-42-48-53-58-72(77)89-68(62-84-71(76)57-52-47-41-38-36-34-27-25-23-20-17-14-11-7-2)64-87-91(79,80)85-60-67(74)61-86-92(81,82)88-65-69(63-83-70(75)56-51-46-40-21-18-15-12-8-3)90-73(78)59-54-49-44-43-45-50-55-66(5)9-4/h66-69,74H,6-65H2,1-5H3,(H,79,80)(H,81,82)/t66?,67-,68-,69-/m1/s1. The van der Waals surface area contributed by atoms with Crippen LogP contribution in [0.15, 0.2) is 0 Å². The Morgan fingerprint density at radius 3 is 0.772 bits per heavy atom. The van der Waals surface area contributed by atoms with Gasteiger partial charge in [0, 0.05) is 25.7 Å². The third kappa shape index (κ3) is 65.4. The molecule has 0 aromatic rings. The maximum atomic E-state index is 13.1. The molecule has 3 N–H and O–H groups in total. The van der Waals surface area contributed by atoms with Crippen LogP contribution >= 0.6 is 15.6 Å². The Labute approximate surface area is 562 Å². The van der Waals surface area contributed by atoms with E-state index in [1.165, 1.54) is 199 Å². The first-order valence-electron chi connectivity index (χ1n) is 38.2. The average molecular weight is 1350 g/mol. The molecule has 0 spiro atoms. The highest BCUT2D eigenvalue weighted by Crippen LogP contribution is 2.45. The second-order valence-electron chi connectivity index (χ2n) is 26.6. The van der Waals surface area contributed by atoms with Gasteiger partial charge in [0.15, 0.2) is 12.2 Å². The third-order valence-electron chi connectivity index (χ3n) is 17.4. The van der Waals surface area contributed by atoms with Crippen molar-refractivity contribution < 1.29 is 80.2 Å². The Balaban J connectivity index is 5.18. The maximum Gasteiger partial charge on any atom is 0.472 e. The zero-order valence-electron chi connectivity index (χ0n) is 59.7. The van der Waals surface area contributed by atoms with Gasteiger partial charge >= 0.3 is 39.5 Å². The van der Waals surface area contributed by atoms with Crippen LogP contribution in [0.1, 0.15) is 381 Å². The molecule has 19 heteroatoms. The largest absolute Gasteiger partial charge is 0.472 e. The van der Waals surface area contributed by atoms with Crippen molar-refractivity contribution in [1.82, 2.24) is 0 Å². The molecule has 0 aromatic heterocycles. The molecule has 0 fully saturated rings. The Morgan fingerprint density at radius 2 is 0.522 bits per heavy atom. The molecule has 0 aliphatic carbocycles. The SMILES string of the molecule is CCCCCCCCCCCCCCCCCCCCCCC(=O)O[C@H](COC(=O)CCCCCCCCCCCCCCCC)COP(=O)(O)OC[C@@H](O)COP(=O)(O)OC[C@@H](COC(=O)CCCCCCCCCC)OC(=O)CCCCCCCCC(C)CC. The molecule has 92 heavy (non-hydrogen) atoms. The van der Waals surface area contributed by atoms with Gasteiger partial charge in [-0.1, -0.05) is 330 Å². The number of carbonyl (C=O) groups is 4. The second-order valence-corrected chi connectivity index (χ2v) is 29.5. The quantitative estimate of drug-likeness (QED) is 0.0222. The smallest absolute Gasteiger partial charge is 0.462 e. The number of rotatable bonds is 73. The maximum absolute atomic E-state index is 13.1. The normalized spacial score (nSPS) is 14.3. The van der Waals surface area contributed by atoms with Crippen LogP contribution in [0.2, 0.25) is 0 Å². The highest BCUT2D eigenvalue weighted by molar-refractivity contribution is 7.47. The van der Waals surface area contributed by atoms with Crippen molar-refractivity contribution in [2.24, 2.45) is 5.92 Å². The molecular weight excluding hydrogens is 1210 g/mol. The van der Waals surface area contributed by atoms with Crippen LogP contribution in [0.4, 0.5) is 0 Å². The number of aliphatic hydroxyl groups is 1. The molecule has 0 aromatic carbocycles. The number of hydrogen-bond acceptors (Lipinski definition) is 15. The van der Waals surface area contributed by atoms with Gasteiger partial charge in [0.2, 0.25) is 0 Å². The van der Waals surface area contributed by atoms with Crippen molar-refractivity contribution in [3.05, 3.63) is 0 Å². The van der Waals surface area contributed by atoms with Gasteiger partial charge < -0.3 is 33.8 Å². The highest BCUT2D eigenvalue weighted by Gasteiger charge is 2.30. The van der Waals surface area contributed by atoms with Crippen molar-refractivity contribution in [3.63, 3.8) is 0 Å². The molecule has 0 aliphatic rings. The monoisotopic (exact) mass is 1350 g/mol. The summed E-state index contributed by atoms with van der Waals surface area (Å²) in [6.07, 6.45) is 54.3. The van der Waals surface area contributed by atoms with Crippen LogP contribution in [-0.4, -0.2) is 96.7 Å². The number of carbonyl (C=O) groups excluding carboxylic acids is 4. The molecule has 0 aliphatic heterocycles. The van der Waals surface area contributed by atoms with Crippen LogP contribution in [-0.2, 0) is 65.4 Å². The summed E-state index contributed by atoms with van der Waals surface area (Å²) >= 11 is 0. The molecule has 0 saturated heterocycles. The zero-order chi connectivity index (χ0) is 67.7. The minimum absolute atomic E-state index is 0.103. The fourth-order valence-electron chi connectivity index (χ4n) is 11.1. The van der Waals surface area contributed by atoms with Crippen LogP contribution < -0.4 is 0 Å². The summed E-state index contributed by atoms with van der Waals surface area (Å²) in [7, 11) is -9.90. The molecule has 0 bridgehead atoms. The summed E-state index contributed by atoms with van der Waals surface area (Å²) in [6, 6.07) is 0. The van der Waals surface area contributed by atoms with Gasteiger partial charge in [0.1, 0.15) is 19.3 Å². The molecular formula is C73H142O17P2. The van der Waals surface area contributed by atoms with Gasteiger partial charge in [-0.05, 0) is 31.6 Å². The molecule has 0 rings (SSSR count). The molecule has 546 valence electrons. The first kappa shape index (κ1) is 90.1. The van der Waals surface area contributed by atoms with Crippen molar-refractivity contribution >= 4 is 39.5 Å². The summed E-state index contributed by atoms with van der Waals surface area (Å²) < 4.78 is 68.3. The zero-order valence-corrected chi connectivity index (χ0v) is 61.5. The van der Waals surface area contributed by atoms with Crippen LogP contribution in [0, 0.1) is 5.92 Å². The summed E-state index contributed by atoms with van der Waals surface area (Å²) in [5, 5.41) is 10.6. The molecule has 0 heterocycles. The fourth-order valence-corrected chi connectivity index (χ4v) is 12.7. The van der Waals surface area contributed by atoms with E-state index in [2.05, 4.69) is 34.6 Å². The van der Waals surface area contributed by atoms with E-state index in [-0.39, 0.29) is 25.7 Å². The topological polar surface area (TPSA) is 237 Å².